The Balaban J connectivity index is 2.05. The lowest BCUT2D eigenvalue weighted by molar-refractivity contribution is -0.141. The van der Waals surface area contributed by atoms with Crippen molar-refractivity contribution in [1.82, 2.24) is 9.55 Å². The molecule has 1 aromatic carbocycles. The summed E-state index contributed by atoms with van der Waals surface area (Å²) in [5.74, 6) is -1.80. The van der Waals surface area contributed by atoms with Crippen LogP contribution >= 0.6 is 0 Å². The van der Waals surface area contributed by atoms with Crippen LogP contribution in [-0.2, 0) is 4.79 Å². The van der Waals surface area contributed by atoms with Crippen LogP contribution in [0, 0.1) is 0 Å². The van der Waals surface area contributed by atoms with Gasteiger partial charge in [0.1, 0.15) is 17.5 Å². The van der Waals surface area contributed by atoms with Crippen molar-refractivity contribution in [3.05, 3.63) is 36.3 Å². The molecule has 0 aliphatic heterocycles. The first-order valence-electron chi connectivity index (χ1n) is 8.51. The molecular weight excluding hydrogens is 338 g/mol. The fraction of sp³-hybridized carbons (Fsp3) is 0.389. The van der Waals surface area contributed by atoms with Crippen LogP contribution in [0.2, 0.25) is 0 Å². The van der Waals surface area contributed by atoms with Crippen LogP contribution < -0.4 is 5.32 Å². The van der Waals surface area contributed by atoms with Crippen molar-refractivity contribution in [3.63, 3.8) is 0 Å². The van der Waals surface area contributed by atoms with Gasteiger partial charge < -0.3 is 25.2 Å². The Morgan fingerprint density at radius 2 is 1.85 bits per heavy atom. The largest absolute Gasteiger partial charge is 0.508 e. The van der Waals surface area contributed by atoms with Crippen molar-refractivity contribution in [2.45, 2.75) is 45.1 Å². The molecule has 140 valence electrons. The molecule has 0 fully saturated rings. The fourth-order valence-corrected chi connectivity index (χ4v) is 2.65. The van der Waals surface area contributed by atoms with Gasteiger partial charge in [0.25, 0.3) is 5.91 Å². The molecule has 0 aliphatic carbocycles. The third-order valence-electron chi connectivity index (χ3n) is 3.98. The summed E-state index contributed by atoms with van der Waals surface area (Å²) in [7, 11) is 0. The molecule has 1 amide bonds. The predicted molar refractivity (Wildman–Crippen MR) is 95.4 cm³/mol. The monoisotopic (exact) mass is 361 g/mol. The Morgan fingerprint density at radius 1 is 1.15 bits per heavy atom. The summed E-state index contributed by atoms with van der Waals surface area (Å²) in [4.78, 5) is 27.7. The Hall–Kier alpha value is -3.03. The van der Waals surface area contributed by atoms with E-state index in [2.05, 4.69) is 17.2 Å². The number of phenolic OH excluding ortho intramolecular Hbond substituents is 2. The molecule has 2 aromatic rings. The van der Waals surface area contributed by atoms with Crippen molar-refractivity contribution < 1.29 is 24.9 Å². The van der Waals surface area contributed by atoms with E-state index < -0.39 is 17.9 Å². The Morgan fingerprint density at radius 3 is 2.46 bits per heavy atom. The number of carbonyl (C=O) groups excluding carboxylic acids is 1. The lowest BCUT2D eigenvalue weighted by atomic mass is 10.1. The average molecular weight is 361 g/mol. The van der Waals surface area contributed by atoms with E-state index in [1.165, 1.54) is 29.2 Å². The molecule has 1 unspecified atom stereocenters. The van der Waals surface area contributed by atoms with Crippen LogP contribution in [-0.4, -0.2) is 36.7 Å². The first-order chi connectivity index (χ1) is 12.4. The number of imidazole rings is 1. The number of rotatable bonds is 9. The lowest BCUT2D eigenvalue weighted by Crippen LogP contribution is -2.18. The number of amides is 1. The summed E-state index contributed by atoms with van der Waals surface area (Å²) in [6, 6.07) is 2.79. The maximum absolute atomic E-state index is 12.2. The van der Waals surface area contributed by atoms with Gasteiger partial charge in [-0.05, 0) is 18.6 Å². The van der Waals surface area contributed by atoms with Gasteiger partial charge in [-0.2, -0.15) is 0 Å². The van der Waals surface area contributed by atoms with E-state index in [0.717, 1.165) is 31.7 Å². The van der Waals surface area contributed by atoms with Crippen LogP contribution in [0.1, 0.15) is 55.4 Å². The van der Waals surface area contributed by atoms with Crippen LogP contribution in [0.5, 0.6) is 11.5 Å². The second kappa shape index (κ2) is 8.89. The molecule has 0 radical (unpaired) electrons. The number of aromatic hydroxyl groups is 2. The maximum atomic E-state index is 12.2. The third-order valence-corrected chi connectivity index (χ3v) is 3.98. The zero-order valence-electron chi connectivity index (χ0n) is 14.6. The molecule has 2 rings (SSSR count). The minimum Gasteiger partial charge on any atom is -0.508 e. The highest BCUT2D eigenvalue weighted by atomic mass is 16.4. The predicted octanol–water partition coefficient (Wildman–Crippen LogP) is 3.14. The molecule has 0 aliphatic rings. The minimum absolute atomic E-state index is 0.0615. The first kappa shape index (κ1) is 19.3. The van der Waals surface area contributed by atoms with Gasteiger partial charge in [0.05, 0.1) is 6.33 Å². The van der Waals surface area contributed by atoms with Crippen LogP contribution in [0.15, 0.2) is 30.7 Å². The fourth-order valence-electron chi connectivity index (χ4n) is 2.65. The number of phenols is 2. The maximum Gasteiger partial charge on any atom is 0.326 e. The van der Waals surface area contributed by atoms with E-state index in [-0.39, 0.29) is 22.9 Å². The highest BCUT2D eigenvalue weighted by Gasteiger charge is 2.20. The third kappa shape index (κ3) is 5.23. The number of carbonyl (C=O) groups is 2. The normalized spacial score (nSPS) is 11.9. The second-order valence-corrected chi connectivity index (χ2v) is 6.10. The minimum atomic E-state index is -0.949. The first-order valence-corrected chi connectivity index (χ1v) is 8.51. The number of unbranched alkanes of at least 4 members (excludes halogenated alkanes) is 3. The molecule has 1 heterocycles. The summed E-state index contributed by atoms with van der Waals surface area (Å²) < 4.78 is 1.46. The summed E-state index contributed by atoms with van der Waals surface area (Å²) in [6.07, 6.45) is 7.22. The number of nitrogens with one attached hydrogen (secondary N) is 1. The zero-order valence-corrected chi connectivity index (χ0v) is 14.6. The van der Waals surface area contributed by atoms with Crippen molar-refractivity contribution in [1.29, 1.82) is 0 Å². The summed E-state index contributed by atoms with van der Waals surface area (Å²) >= 11 is 0. The zero-order chi connectivity index (χ0) is 19.1. The topological polar surface area (TPSA) is 125 Å². The van der Waals surface area contributed by atoms with Gasteiger partial charge in [0.15, 0.2) is 5.82 Å². The number of hydrogen-bond acceptors (Lipinski definition) is 5. The summed E-state index contributed by atoms with van der Waals surface area (Å²) in [5.41, 5.74) is 0.0615. The number of hydrogen-bond donors (Lipinski definition) is 4. The smallest absolute Gasteiger partial charge is 0.326 e. The number of carboxylic acid groups (broad SMARTS) is 1. The van der Waals surface area contributed by atoms with Crippen molar-refractivity contribution in [3.8, 4) is 11.5 Å². The van der Waals surface area contributed by atoms with E-state index in [4.69, 9.17) is 0 Å². The number of anilines is 1. The number of aromatic nitrogens is 2. The van der Waals surface area contributed by atoms with Crippen molar-refractivity contribution in [2.75, 3.05) is 5.32 Å². The molecule has 1 aromatic heterocycles. The van der Waals surface area contributed by atoms with E-state index >= 15 is 0 Å². The molecule has 0 spiro atoms. The number of carboxylic acids is 1. The molecule has 1 atom stereocenters. The molecule has 0 saturated heterocycles. The van der Waals surface area contributed by atoms with E-state index in [9.17, 15) is 24.9 Å². The molecule has 26 heavy (non-hydrogen) atoms. The van der Waals surface area contributed by atoms with Gasteiger partial charge in [0.2, 0.25) is 0 Å². The van der Waals surface area contributed by atoms with Gasteiger partial charge in [-0.1, -0.05) is 32.6 Å². The number of benzene rings is 1. The number of nitrogens with zero attached hydrogens (tertiary/aromatic N) is 2. The van der Waals surface area contributed by atoms with Gasteiger partial charge in [0, 0.05) is 17.8 Å². The molecule has 8 nitrogen and oxygen atoms in total. The quantitative estimate of drug-likeness (QED) is 0.509. The molecule has 0 bridgehead atoms. The molecule has 4 N–H and O–H groups in total. The highest BCUT2D eigenvalue weighted by Crippen LogP contribution is 2.22. The van der Waals surface area contributed by atoms with E-state index in [0.29, 0.717) is 6.42 Å². The second-order valence-electron chi connectivity index (χ2n) is 6.10. The molecular formula is C18H23N3O5. The van der Waals surface area contributed by atoms with Crippen LogP contribution in [0.4, 0.5) is 5.82 Å². The number of aliphatic carboxylic acids is 1. The van der Waals surface area contributed by atoms with Gasteiger partial charge in [-0.3, -0.25) is 4.79 Å². The standard InChI is InChI=1S/C18H23N3O5/c1-2-3-4-5-6-15(18(25)26)21-10-16(19-11-21)20-17(24)12-7-13(22)9-14(23)8-12/h7-11,15,22-23H,2-6H2,1H3,(H,20,24)(H,25,26). The summed E-state index contributed by atoms with van der Waals surface area (Å²) in [6.45, 7) is 2.09. The Kier molecular flexibility index (Phi) is 6.60. The Labute approximate surface area is 151 Å². The van der Waals surface area contributed by atoms with Gasteiger partial charge in [-0.15, -0.1) is 0 Å². The van der Waals surface area contributed by atoms with Gasteiger partial charge in [-0.25, -0.2) is 9.78 Å². The SMILES string of the molecule is CCCCCCC(C(=O)O)n1cnc(NC(=O)c2cc(O)cc(O)c2)c1. The van der Waals surface area contributed by atoms with Gasteiger partial charge >= 0.3 is 5.97 Å². The molecule has 0 saturated carbocycles. The van der Waals surface area contributed by atoms with Crippen LogP contribution in [0.25, 0.3) is 0 Å². The van der Waals surface area contributed by atoms with E-state index in [1.54, 1.807) is 0 Å². The Bertz CT molecular complexity index is 752. The molecule has 8 heteroatoms. The van der Waals surface area contributed by atoms with Crippen molar-refractivity contribution >= 4 is 17.7 Å². The summed E-state index contributed by atoms with van der Waals surface area (Å²) in [5, 5.41) is 30.8. The van der Waals surface area contributed by atoms with Crippen molar-refractivity contribution in [2.24, 2.45) is 0 Å². The van der Waals surface area contributed by atoms with Crippen LogP contribution in [0.3, 0.4) is 0 Å². The average Bonchev–Trinajstić information content (AvgIpc) is 3.01. The highest BCUT2D eigenvalue weighted by molar-refractivity contribution is 6.04. The van der Waals surface area contributed by atoms with E-state index in [1.807, 2.05) is 0 Å². The lowest BCUT2D eigenvalue weighted by Gasteiger charge is -2.13.